The van der Waals surface area contributed by atoms with Gasteiger partial charge in [0.25, 0.3) is 6.71 Å². The summed E-state index contributed by atoms with van der Waals surface area (Å²) in [5.74, 6) is 1.84. The second kappa shape index (κ2) is 14.2. The number of aryl methyl sites for hydroxylation is 1. The number of fused-ring (bicyclic) bond motifs is 7. The molecule has 0 radical (unpaired) electrons. The average Bonchev–Trinajstić information content (AvgIpc) is 3.62. The monoisotopic (exact) mass is 774 g/mol. The zero-order valence-corrected chi connectivity index (χ0v) is 34.7. The molecule has 0 atom stereocenters. The van der Waals surface area contributed by atoms with Crippen LogP contribution in [-0.4, -0.2) is 11.3 Å². The van der Waals surface area contributed by atoms with E-state index < -0.39 is 0 Å². The number of hydrogen-bond donors (Lipinski definition) is 0. The van der Waals surface area contributed by atoms with Crippen molar-refractivity contribution in [1.29, 1.82) is 0 Å². The highest BCUT2D eigenvalue weighted by Gasteiger charge is 2.43. The Kier molecular flexibility index (Phi) is 8.60. The summed E-state index contributed by atoms with van der Waals surface area (Å²) in [6, 6.07) is 65.0. The zero-order chi connectivity index (χ0) is 40.5. The zero-order valence-electron chi connectivity index (χ0n) is 34.7. The van der Waals surface area contributed by atoms with Crippen molar-refractivity contribution >= 4 is 62.0 Å². The molecule has 2 aliphatic rings. The van der Waals surface area contributed by atoms with Crippen LogP contribution in [0, 0.1) is 0 Å². The van der Waals surface area contributed by atoms with E-state index in [-0.39, 0.29) is 12.1 Å². The van der Waals surface area contributed by atoms with Crippen LogP contribution < -0.4 is 26.0 Å². The minimum absolute atomic E-state index is 0.0300. The third-order valence-electron chi connectivity index (χ3n) is 12.8. The number of nitrogens with zero attached hydrogens (tertiary/aromatic N) is 2. The van der Waals surface area contributed by atoms with Gasteiger partial charge in [0.05, 0.1) is 11.0 Å². The molecule has 290 valence electrons. The van der Waals surface area contributed by atoms with Gasteiger partial charge in [-0.3, -0.25) is 0 Å². The molecule has 0 amide bonds. The molecular weight excluding hydrogens is 727 g/mol. The predicted octanol–water partition coefficient (Wildman–Crippen LogP) is 13.2. The maximum absolute atomic E-state index is 7.27. The molecule has 0 N–H and O–H groups in total. The Bertz CT molecular complexity index is 3050. The van der Waals surface area contributed by atoms with Gasteiger partial charge in [0.15, 0.2) is 0 Å². The maximum atomic E-state index is 7.27. The van der Waals surface area contributed by atoms with E-state index in [1.54, 1.807) is 0 Å². The van der Waals surface area contributed by atoms with E-state index >= 15 is 0 Å². The van der Waals surface area contributed by atoms with Crippen LogP contribution in [0.1, 0.15) is 51.7 Å². The summed E-state index contributed by atoms with van der Waals surface area (Å²) in [7, 11) is 0. The van der Waals surface area contributed by atoms with E-state index in [1.165, 1.54) is 88.6 Å². The lowest BCUT2D eigenvalue weighted by molar-refractivity contribution is 0.483. The highest BCUT2D eigenvalue weighted by atomic mass is 16.5. The molecule has 4 heteroatoms. The molecule has 3 heterocycles. The first-order valence-electron chi connectivity index (χ1n) is 21.5. The molecule has 8 aromatic carbocycles. The summed E-state index contributed by atoms with van der Waals surface area (Å²) in [5.41, 5.74) is 18.2. The van der Waals surface area contributed by atoms with Crippen LogP contribution in [0.5, 0.6) is 11.5 Å². The Hall–Kier alpha value is -6.78. The van der Waals surface area contributed by atoms with E-state index in [0.717, 1.165) is 36.4 Å². The van der Waals surface area contributed by atoms with Crippen LogP contribution in [0.2, 0.25) is 0 Å². The van der Waals surface area contributed by atoms with Crippen molar-refractivity contribution in [3.05, 3.63) is 187 Å². The minimum atomic E-state index is -0.110. The lowest BCUT2D eigenvalue weighted by Gasteiger charge is -2.42. The quantitative estimate of drug-likeness (QED) is 0.150. The highest BCUT2D eigenvalue weighted by molar-refractivity contribution is 6.99. The Morgan fingerprint density at radius 1 is 0.517 bits per heavy atom. The lowest BCUT2D eigenvalue weighted by atomic mass is 9.34. The first kappa shape index (κ1) is 36.3. The number of unbranched alkanes of at least 4 members (excludes halogenated alkanes) is 1. The Morgan fingerprint density at radius 3 is 1.78 bits per heavy atom. The van der Waals surface area contributed by atoms with Gasteiger partial charge in [0, 0.05) is 39.6 Å². The van der Waals surface area contributed by atoms with Crippen LogP contribution in [0.4, 0.5) is 17.1 Å². The van der Waals surface area contributed by atoms with E-state index in [0.29, 0.717) is 0 Å². The lowest BCUT2D eigenvalue weighted by Crippen LogP contribution is -2.59. The number of aromatic nitrogens is 1. The Morgan fingerprint density at radius 2 is 1.13 bits per heavy atom. The van der Waals surface area contributed by atoms with E-state index in [4.69, 9.17) is 4.74 Å². The molecule has 9 aromatic rings. The SMILES string of the molecule is CCCCc1cc(-c2ccccc2)ccc1N1c2ccc(-c3ccccc3)cc2B2c3ccc(-n4c5ccccc5c5ccccc54)cc3Oc3cc(C(C)(C)C)cc1c32. The normalized spacial score (nSPS) is 12.9. The molecule has 0 aliphatic carbocycles. The van der Waals surface area contributed by atoms with Gasteiger partial charge in [-0.05, 0) is 117 Å². The van der Waals surface area contributed by atoms with Gasteiger partial charge < -0.3 is 14.2 Å². The van der Waals surface area contributed by atoms with Gasteiger partial charge in [-0.1, -0.05) is 155 Å². The van der Waals surface area contributed by atoms with E-state index in [2.05, 4.69) is 213 Å². The van der Waals surface area contributed by atoms with Crippen LogP contribution >= 0.6 is 0 Å². The average molecular weight is 775 g/mol. The first-order valence-corrected chi connectivity index (χ1v) is 21.5. The third kappa shape index (κ3) is 5.88. The third-order valence-corrected chi connectivity index (χ3v) is 12.8. The topological polar surface area (TPSA) is 17.4 Å². The van der Waals surface area contributed by atoms with Crippen molar-refractivity contribution in [3.8, 4) is 39.4 Å². The molecule has 11 rings (SSSR count). The predicted molar refractivity (Wildman–Crippen MR) is 255 cm³/mol. The highest BCUT2D eigenvalue weighted by Crippen LogP contribution is 2.46. The summed E-state index contributed by atoms with van der Waals surface area (Å²) in [6.07, 6.45) is 3.24. The molecule has 0 fully saturated rings. The standard InChI is InChI=1S/C56H47BN2O/c1-5-6-17-41-32-39(37-18-9-7-10-19-37)26-30-48(41)59-51-31-27-40(38-20-11-8-12-21-38)33-47(51)57-46-29-28-43(58-49-24-15-13-22-44(49)45-23-14-16-25-50(45)58)36-53(46)60-54-35-42(56(2,3)4)34-52(59)55(54)57/h7-16,18-36H,5-6,17H2,1-4H3. The summed E-state index contributed by atoms with van der Waals surface area (Å²) in [4.78, 5) is 2.56. The number of anilines is 3. The molecule has 0 saturated carbocycles. The molecule has 3 nitrogen and oxygen atoms in total. The van der Waals surface area contributed by atoms with Crippen molar-refractivity contribution in [1.82, 2.24) is 4.57 Å². The van der Waals surface area contributed by atoms with Gasteiger partial charge in [-0.25, -0.2) is 0 Å². The number of rotatable bonds is 7. The van der Waals surface area contributed by atoms with Crippen molar-refractivity contribution in [2.24, 2.45) is 0 Å². The molecule has 0 saturated heterocycles. The van der Waals surface area contributed by atoms with Gasteiger partial charge >= 0.3 is 0 Å². The Balaban J connectivity index is 1.17. The largest absolute Gasteiger partial charge is 0.458 e. The smallest absolute Gasteiger partial charge is 0.256 e. The number of para-hydroxylation sites is 2. The molecule has 2 aliphatic heterocycles. The van der Waals surface area contributed by atoms with Crippen molar-refractivity contribution in [2.45, 2.75) is 52.4 Å². The molecule has 0 spiro atoms. The summed E-state index contributed by atoms with van der Waals surface area (Å²) in [5, 5.41) is 2.50. The van der Waals surface area contributed by atoms with Crippen molar-refractivity contribution in [2.75, 3.05) is 4.90 Å². The van der Waals surface area contributed by atoms with Crippen LogP contribution in [0.3, 0.4) is 0 Å². The molecule has 60 heavy (non-hydrogen) atoms. The van der Waals surface area contributed by atoms with Gasteiger partial charge in [0.2, 0.25) is 0 Å². The van der Waals surface area contributed by atoms with Crippen LogP contribution in [0.15, 0.2) is 176 Å². The van der Waals surface area contributed by atoms with Crippen LogP contribution in [0.25, 0.3) is 49.7 Å². The first-order chi connectivity index (χ1) is 29.4. The fourth-order valence-electron chi connectivity index (χ4n) is 9.76. The van der Waals surface area contributed by atoms with Gasteiger partial charge in [-0.2, -0.15) is 0 Å². The summed E-state index contributed by atoms with van der Waals surface area (Å²) < 4.78 is 9.66. The molecule has 0 unspecified atom stereocenters. The molecular formula is C56H47BN2O. The maximum Gasteiger partial charge on any atom is 0.256 e. The number of hydrogen-bond acceptors (Lipinski definition) is 2. The summed E-state index contributed by atoms with van der Waals surface area (Å²) >= 11 is 0. The number of ether oxygens (including phenoxy) is 1. The second-order valence-electron chi connectivity index (χ2n) is 17.6. The minimum Gasteiger partial charge on any atom is -0.458 e. The fourth-order valence-corrected chi connectivity index (χ4v) is 9.76. The second-order valence-corrected chi connectivity index (χ2v) is 17.6. The van der Waals surface area contributed by atoms with Gasteiger partial charge in [0.1, 0.15) is 11.5 Å². The fraction of sp³-hybridized carbons (Fsp3) is 0.143. The van der Waals surface area contributed by atoms with Crippen LogP contribution in [-0.2, 0) is 11.8 Å². The van der Waals surface area contributed by atoms with Crippen molar-refractivity contribution in [3.63, 3.8) is 0 Å². The van der Waals surface area contributed by atoms with E-state index in [9.17, 15) is 0 Å². The van der Waals surface area contributed by atoms with Gasteiger partial charge in [-0.15, -0.1) is 0 Å². The Labute approximate surface area is 353 Å². The number of benzene rings is 8. The molecule has 0 bridgehead atoms. The van der Waals surface area contributed by atoms with Crippen molar-refractivity contribution < 1.29 is 4.74 Å². The molecule has 1 aromatic heterocycles. The van der Waals surface area contributed by atoms with E-state index in [1.807, 2.05) is 0 Å². The summed E-state index contributed by atoms with van der Waals surface area (Å²) in [6.45, 7) is 9.19.